The second-order valence-electron chi connectivity index (χ2n) is 6.24. The number of hydrogen-bond donors (Lipinski definition) is 1. The van der Waals surface area contributed by atoms with Crippen LogP contribution < -0.4 is 5.32 Å². The molecule has 1 aliphatic rings. The molecule has 1 unspecified atom stereocenters. The van der Waals surface area contributed by atoms with Crippen molar-refractivity contribution in [3.05, 3.63) is 17.0 Å². The average Bonchev–Trinajstić information content (AvgIpc) is 2.45. The van der Waals surface area contributed by atoms with Gasteiger partial charge in [0.2, 0.25) is 0 Å². The zero-order valence-corrected chi connectivity index (χ0v) is 14.2. The number of nitrogens with one attached hydrogen (secondary N) is 1. The number of likely N-dealkylation sites (tertiary alicyclic amines) is 1. The van der Waals surface area contributed by atoms with E-state index in [-0.39, 0.29) is 0 Å². The first-order chi connectivity index (χ1) is 10.1. The highest BCUT2D eigenvalue weighted by molar-refractivity contribution is 6.30. The molecular formula is C16H27ClN4. The van der Waals surface area contributed by atoms with Gasteiger partial charge in [0.15, 0.2) is 0 Å². The number of piperidine rings is 1. The fraction of sp³-hybridized carbons (Fsp3) is 0.750. The zero-order chi connectivity index (χ0) is 15.2. The molecule has 2 rings (SSSR count). The number of nitrogens with zero attached hydrogens (tertiary/aromatic N) is 3. The second-order valence-corrected chi connectivity index (χ2v) is 6.60. The molecule has 1 saturated heterocycles. The van der Waals surface area contributed by atoms with Gasteiger partial charge in [-0.2, -0.15) is 0 Å². The molecule has 1 atom stereocenters. The SMILES string of the molecule is CC(C)c1c(Cl)ncnc1NCCCN1CCCCC1C. The van der Waals surface area contributed by atoms with Gasteiger partial charge in [0.25, 0.3) is 0 Å². The molecule has 1 aromatic rings. The van der Waals surface area contributed by atoms with Crippen LogP contribution in [-0.4, -0.2) is 40.5 Å². The Morgan fingerprint density at radius 2 is 2.19 bits per heavy atom. The predicted octanol–water partition coefficient (Wildman–Crippen LogP) is 3.93. The second kappa shape index (κ2) is 7.95. The van der Waals surface area contributed by atoms with E-state index in [9.17, 15) is 0 Å². The monoisotopic (exact) mass is 310 g/mol. The molecule has 1 aliphatic heterocycles. The third-order valence-corrected chi connectivity index (χ3v) is 4.57. The van der Waals surface area contributed by atoms with Gasteiger partial charge in [-0.05, 0) is 38.6 Å². The van der Waals surface area contributed by atoms with Crippen molar-refractivity contribution in [2.75, 3.05) is 25.0 Å². The van der Waals surface area contributed by atoms with Crippen LogP contribution in [0.4, 0.5) is 5.82 Å². The van der Waals surface area contributed by atoms with Gasteiger partial charge in [-0.1, -0.05) is 31.9 Å². The summed E-state index contributed by atoms with van der Waals surface area (Å²) in [6.07, 6.45) is 6.73. The highest BCUT2D eigenvalue weighted by atomic mass is 35.5. The van der Waals surface area contributed by atoms with E-state index >= 15 is 0 Å². The number of hydrogen-bond acceptors (Lipinski definition) is 4. The molecule has 2 heterocycles. The van der Waals surface area contributed by atoms with Crippen molar-refractivity contribution < 1.29 is 0 Å². The molecule has 1 fully saturated rings. The minimum absolute atomic E-state index is 0.323. The summed E-state index contributed by atoms with van der Waals surface area (Å²) >= 11 is 6.18. The van der Waals surface area contributed by atoms with Crippen LogP contribution in [0, 0.1) is 0 Å². The first-order valence-electron chi connectivity index (χ1n) is 8.08. The summed E-state index contributed by atoms with van der Waals surface area (Å²) in [6, 6.07) is 0.735. The average molecular weight is 311 g/mol. The Bertz CT molecular complexity index is 450. The fourth-order valence-corrected chi connectivity index (χ4v) is 3.36. The molecule has 21 heavy (non-hydrogen) atoms. The molecule has 0 radical (unpaired) electrons. The standard InChI is InChI=1S/C16H27ClN4/c1-12(2)14-15(17)19-11-20-16(14)18-8-6-10-21-9-5-4-7-13(21)3/h11-13H,4-10H2,1-3H3,(H,18,19,20). The van der Waals surface area contributed by atoms with Crippen molar-refractivity contribution in [3.63, 3.8) is 0 Å². The Morgan fingerprint density at radius 3 is 2.90 bits per heavy atom. The van der Waals surface area contributed by atoms with Crippen molar-refractivity contribution in [2.45, 2.75) is 58.4 Å². The highest BCUT2D eigenvalue weighted by Gasteiger charge is 2.17. The fourth-order valence-electron chi connectivity index (χ4n) is 3.01. The molecular weight excluding hydrogens is 284 g/mol. The van der Waals surface area contributed by atoms with E-state index in [1.54, 1.807) is 0 Å². The maximum atomic E-state index is 6.18. The summed E-state index contributed by atoms with van der Waals surface area (Å²) in [4.78, 5) is 11.0. The number of rotatable bonds is 6. The third kappa shape index (κ3) is 4.55. The van der Waals surface area contributed by atoms with E-state index in [2.05, 4.69) is 41.0 Å². The van der Waals surface area contributed by atoms with Crippen LogP contribution in [0.5, 0.6) is 0 Å². The van der Waals surface area contributed by atoms with E-state index in [1.807, 2.05) is 0 Å². The van der Waals surface area contributed by atoms with E-state index < -0.39 is 0 Å². The number of aromatic nitrogens is 2. The number of anilines is 1. The van der Waals surface area contributed by atoms with Gasteiger partial charge >= 0.3 is 0 Å². The van der Waals surface area contributed by atoms with E-state index in [0.29, 0.717) is 11.1 Å². The van der Waals surface area contributed by atoms with Gasteiger partial charge in [-0.25, -0.2) is 9.97 Å². The summed E-state index contributed by atoms with van der Waals surface area (Å²) in [5, 5.41) is 3.99. The van der Waals surface area contributed by atoms with Gasteiger partial charge in [0.05, 0.1) is 0 Å². The lowest BCUT2D eigenvalue weighted by Gasteiger charge is -2.33. The molecule has 0 aromatic carbocycles. The quantitative estimate of drug-likeness (QED) is 0.638. The first kappa shape index (κ1) is 16.5. The first-order valence-corrected chi connectivity index (χ1v) is 8.45. The largest absolute Gasteiger partial charge is 0.370 e. The van der Waals surface area contributed by atoms with Crippen molar-refractivity contribution in [3.8, 4) is 0 Å². The van der Waals surface area contributed by atoms with Gasteiger partial charge < -0.3 is 10.2 Å². The van der Waals surface area contributed by atoms with E-state index in [0.717, 1.165) is 36.9 Å². The topological polar surface area (TPSA) is 41.1 Å². The molecule has 0 amide bonds. The van der Waals surface area contributed by atoms with Crippen LogP contribution in [0.25, 0.3) is 0 Å². The molecule has 1 N–H and O–H groups in total. The lowest BCUT2D eigenvalue weighted by atomic mass is 10.0. The highest BCUT2D eigenvalue weighted by Crippen LogP contribution is 2.27. The van der Waals surface area contributed by atoms with Crippen LogP contribution in [0.2, 0.25) is 5.15 Å². The van der Waals surface area contributed by atoms with E-state index in [4.69, 9.17) is 11.6 Å². The summed E-state index contributed by atoms with van der Waals surface area (Å²) in [5.41, 5.74) is 1.02. The maximum absolute atomic E-state index is 6.18. The molecule has 0 aliphatic carbocycles. The van der Waals surface area contributed by atoms with Crippen molar-refractivity contribution in [1.82, 2.24) is 14.9 Å². The van der Waals surface area contributed by atoms with Crippen molar-refractivity contribution >= 4 is 17.4 Å². The van der Waals surface area contributed by atoms with Crippen LogP contribution in [0.15, 0.2) is 6.33 Å². The summed E-state index contributed by atoms with van der Waals surface area (Å²) in [5.74, 6) is 1.21. The smallest absolute Gasteiger partial charge is 0.138 e. The minimum atomic E-state index is 0.323. The molecule has 0 spiro atoms. The molecule has 1 aromatic heterocycles. The predicted molar refractivity (Wildman–Crippen MR) is 89.1 cm³/mol. The Morgan fingerprint density at radius 1 is 1.38 bits per heavy atom. The Hall–Kier alpha value is -0.870. The van der Waals surface area contributed by atoms with Gasteiger partial charge in [0.1, 0.15) is 17.3 Å². The Labute approximate surface area is 133 Å². The zero-order valence-electron chi connectivity index (χ0n) is 13.4. The van der Waals surface area contributed by atoms with Gasteiger partial charge in [-0.15, -0.1) is 0 Å². The summed E-state index contributed by atoms with van der Waals surface area (Å²) < 4.78 is 0. The Kier molecular flexibility index (Phi) is 6.24. The maximum Gasteiger partial charge on any atom is 0.138 e. The molecule has 5 heteroatoms. The Balaban J connectivity index is 1.82. The summed E-state index contributed by atoms with van der Waals surface area (Å²) in [7, 11) is 0. The van der Waals surface area contributed by atoms with E-state index in [1.165, 1.54) is 32.1 Å². The molecule has 0 bridgehead atoms. The lowest BCUT2D eigenvalue weighted by molar-refractivity contribution is 0.160. The van der Waals surface area contributed by atoms with Crippen LogP contribution in [0.1, 0.15) is 57.9 Å². The van der Waals surface area contributed by atoms with Crippen LogP contribution in [-0.2, 0) is 0 Å². The lowest BCUT2D eigenvalue weighted by Crippen LogP contribution is -2.38. The van der Waals surface area contributed by atoms with Crippen LogP contribution in [0.3, 0.4) is 0 Å². The van der Waals surface area contributed by atoms with Crippen LogP contribution >= 0.6 is 11.6 Å². The van der Waals surface area contributed by atoms with Crippen molar-refractivity contribution in [2.24, 2.45) is 0 Å². The summed E-state index contributed by atoms with van der Waals surface area (Å²) in [6.45, 7) is 9.90. The normalized spacial score (nSPS) is 20.0. The molecule has 0 saturated carbocycles. The minimum Gasteiger partial charge on any atom is -0.370 e. The van der Waals surface area contributed by atoms with Crippen molar-refractivity contribution in [1.29, 1.82) is 0 Å². The molecule has 4 nitrogen and oxygen atoms in total. The van der Waals surface area contributed by atoms with Gasteiger partial charge in [0, 0.05) is 24.7 Å². The number of halogens is 1. The molecule has 118 valence electrons. The third-order valence-electron chi connectivity index (χ3n) is 4.27. The van der Waals surface area contributed by atoms with Gasteiger partial charge in [-0.3, -0.25) is 0 Å².